The monoisotopic (exact) mass is 323 g/mol. The second-order valence-electron chi connectivity index (χ2n) is 6.27. The number of rotatable bonds is 2. The predicted octanol–water partition coefficient (Wildman–Crippen LogP) is 2.33. The third-order valence-electron chi connectivity index (χ3n) is 3.14. The van der Waals surface area contributed by atoms with E-state index in [2.05, 4.69) is 22.9 Å². The van der Waals surface area contributed by atoms with Gasteiger partial charge in [-0.3, -0.25) is 14.7 Å². The second kappa shape index (κ2) is 6.56. The lowest BCUT2D eigenvalue weighted by molar-refractivity contribution is -0.120. The van der Waals surface area contributed by atoms with Gasteiger partial charge in [0.2, 0.25) is 5.91 Å². The lowest BCUT2D eigenvalue weighted by Gasteiger charge is -2.27. The number of thiol groups is 1. The summed E-state index contributed by atoms with van der Waals surface area (Å²) in [5.74, 6) is -0.254. The first-order chi connectivity index (χ1) is 10.3. The maximum absolute atomic E-state index is 12.4. The van der Waals surface area contributed by atoms with Crippen LogP contribution in [0, 0.1) is 0 Å². The third kappa shape index (κ3) is 4.37. The highest BCUT2D eigenvalue weighted by Crippen LogP contribution is 2.25. The smallest absolute Gasteiger partial charge is 0.411 e. The van der Waals surface area contributed by atoms with Crippen LogP contribution in [0.3, 0.4) is 0 Å². The minimum atomic E-state index is -0.601. The number of aromatic nitrogens is 1. The lowest BCUT2D eigenvalue weighted by atomic mass is 10.2. The van der Waals surface area contributed by atoms with Crippen molar-refractivity contribution in [2.45, 2.75) is 44.1 Å². The predicted molar refractivity (Wildman–Crippen MR) is 87.0 cm³/mol. The van der Waals surface area contributed by atoms with Gasteiger partial charge in [0.05, 0.1) is 11.9 Å². The SMILES string of the molecule is CC(C)(C)OC(=O)N1C[C@@H](S)C[C@H]1C(=O)Nc1cccnc1. The highest BCUT2D eigenvalue weighted by Gasteiger charge is 2.40. The zero-order valence-corrected chi connectivity index (χ0v) is 13.8. The molecular formula is C15H21N3O3S. The van der Waals surface area contributed by atoms with Gasteiger partial charge in [-0.15, -0.1) is 0 Å². The zero-order chi connectivity index (χ0) is 16.3. The van der Waals surface area contributed by atoms with Crippen LogP contribution in [0.25, 0.3) is 0 Å². The molecule has 0 aromatic carbocycles. The van der Waals surface area contributed by atoms with Gasteiger partial charge in [-0.25, -0.2) is 4.79 Å². The summed E-state index contributed by atoms with van der Waals surface area (Å²) in [4.78, 5) is 30.1. The minimum absolute atomic E-state index is 0.0443. The molecule has 0 spiro atoms. The van der Waals surface area contributed by atoms with Gasteiger partial charge in [0, 0.05) is 18.0 Å². The number of hydrogen-bond donors (Lipinski definition) is 2. The van der Waals surface area contributed by atoms with Crippen molar-refractivity contribution in [3.8, 4) is 0 Å². The van der Waals surface area contributed by atoms with Crippen LogP contribution >= 0.6 is 12.6 Å². The van der Waals surface area contributed by atoms with E-state index >= 15 is 0 Å². The first-order valence-electron chi connectivity index (χ1n) is 7.15. The Hall–Kier alpha value is -1.76. The third-order valence-corrected chi connectivity index (χ3v) is 3.51. The summed E-state index contributed by atoms with van der Waals surface area (Å²) in [6.07, 6.45) is 3.19. The first-order valence-corrected chi connectivity index (χ1v) is 7.66. The van der Waals surface area contributed by atoms with Crippen molar-refractivity contribution in [2.75, 3.05) is 11.9 Å². The Kier molecular flexibility index (Phi) is 4.95. The van der Waals surface area contributed by atoms with Crippen LogP contribution in [0.4, 0.5) is 10.5 Å². The maximum atomic E-state index is 12.4. The number of likely N-dealkylation sites (tertiary alicyclic amines) is 1. The van der Waals surface area contributed by atoms with Gasteiger partial charge in [0.1, 0.15) is 11.6 Å². The average Bonchev–Trinajstić information content (AvgIpc) is 2.80. The Morgan fingerprint density at radius 1 is 1.45 bits per heavy atom. The number of hydrogen-bond acceptors (Lipinski definition) is 5. The number of ether oxygens (including phenoxy) is 1. The number of pyridine rings is 1. The zero-order valence-electron chi connectivity index (χ0n) is 12.9. The summed E-state index contributed by atoms with van der Waals surface area (Å²) in [5.41, 5.74) is -0.00452. The topological polar surface area (TPSA) is 71.5 Å². The largest absolute Gasteiger partial charge is 0.444 e. The fourth-order valence-electron chi connectivity index (χ4n) is 2.25. The van der Waals surface area contributed by atoms with Crippen LogP contribution in [0.15, 0.2) is 24.5 Å². The molecule has 0 unspecified atom stereocenters. The Balaban J connectivity index is 2.07. The molecule has 1 saturated heterocycles. The fourth-order valence-corrected chi connectivity index (χ4v) is 2.62. The Bertz CT molecular complexity index is 545. The molecule has 1 aliphatic heterocycles. The molecule has 1 N–H and O–H groups in total. The van der Waals surface area contributed by atoms with E-state index in [1.165, 1.54) is 4.90 Å². The molecule has 22 heavy (non-hydrogen) atoms. The molecular weight excluding hydrogens is 302 g/mol. The fraction of sp³-hybridized carbons (Fsp3) is 0.533. The molecule has 2 atom stereocenters. The van der Waals surface area contributed by atoms with E-state index in [-0.39, 0.29) is 11.2 Å². The van der Waals surface area contributed by atoms with E-state index in [4.69, 9.17) is 4.74 Å². The van der Waals surface area contributed by atoms with Crippen LogP contribution in [0.2, 0.25) is 0 Å². The van der Waals surface area contributed by atoms with Gasteiger partial charge in [0.25, 0.3) is 0 Å². The molecule has 2 rings (SSSR count). The molecule has 1 aliphatic rings. The molecule has 120 valence electrons. The normalized spacial score (nSPS) is 21.5. The van der Waals surface area contributed by atoms with Crippen LogP contribution in [0.1, 0.15) is 27.2 Å². The average molecular weight is 323 g/mol. The summed E-state index contributed by atoms with van der Waals surface area (Å²) in [7, 11) is 0. The van der Waals surface area contributed by atoms with Crippen LogP contribution in [-0.4, -0.2) is 45.3 Å². The van der Waals surface area contributed by atoms with Gasteiger partial charge < -0.3 is 10.1 Å². The molecule has 7 heteroatoms. The Morgan fingerprint density at radius 3 is 2.77 bits per heavy atom. The number of carbonyl (C=O) groups excluding carboxylic acids is 2. The van der Waals surface area contributed by atoms with E-state index in [1.807, 2.05) is 0 Å². The molecule has 0 saturated carbocycles. The molecule has 1 aromatic rings. The molecule has 1 fully saturated rings. The van der Waals surface area contributed by atoms with Crippen molar-refractivity contribution in [3.63, 3.8) is 0 Å². The van der Waals surface area contributed by atoms with Crippen LogP contribution in [-0.2, 0) is 9.53 Å². The maximum Gasteiger partial charge on any atom is 0.411 e. The van der Waals surface area contributed by atoms with Crippen LogP contribution < -0.4 is 5.32 Å². The van der Waals surface area contributed by atoms with Crippen molar-refractivity contribution >= 4 is 30.3 Å². The van der Waals surface area contributed by atoms with Crippen molar-refractivity contribution in [1.82, 2.24) is 9.88 Å². The first kappa shape index (κ1) is 16.6. The molecule has 0 bridgehead atoms. The second-order valence-corrected chi connectivity index (χ2v) is 7.00. The van der Waals surface area contributed by atoms with Gasteiger partial charge in [-0.2, -0.15) is 12.6 Å². The van der Waals surface area contributed by atoms with E-state index in [0.29, 0.717) is 18.7 Å². The highest BCUT2D eigenvalue weighted by molar-refractivity contribution is 7.81. The van der Waals surface area contributed by atoms with E-state index in [9.17, 15) is 9.59 Å². The Labute approximate surface area is 135 Å². The van der Waals surface area contributed by atoms with Crippen molar-refractivity contribution < 1.29 is 14.3 Å². The van der Waals surface area contributed by atoms with Gasteiger partial charge in [-0.1, -0.05) is 0 Å². The molecule has 2 amide bonds. The van der Waals surface area contributed by atoms with E-state index in [0.717, 1.165) is 0 Å². The molecule has 1 aromatic heterocycles. The summed E-state index contributed by atoms with van der Waals surface area (Å²) in [5, 5.41) is 2.72. The Morgan fingerprint density at radius 2 is 2.18 bits per heavy atom. The van der Waals surface area contributed by atoms with Gasteiger partial charge >= 0.3 is 6.09 Å². The summed E-state index contributed by atoms with van der Waals surface area (Å²) < 4.78 is 5.36. The molecule has 6 nitrogen and oxygen atoms in total. The van der Waals surface area contributed by atoms with Gasteiger partial charge in [0.15, 0.2) is 0 Å². The summed E-state index contributed by atoms with van der Waals surface area (Å²) in [6.45, 7) is 5.78. The minimum Gasteiger partial charge on any atom is -0.444 e. The standard InChI is InChI=1S/C15H21N3O3S/c1-15(2,3)21-14(20)18-9-11(22)7-12(18)13(19)17-10-5-4-6-16-8-10/h4-6,8,11-12,22H,7,9H2,1-3H3,(H,17,19)/t11-,12-/m0/s1. The van der Waals surface area contributed by atoms with Crippen molar-refractivity contribution in [3.05, 3.63) is 24.5 Å². The number of nitrogens with zero attached hydrogens (tertiary/aromatic N) is 2. The van der Waals surface area contributed by atoms with Crippen LogP contribution in [0.5, 0.6) is 0 Å². The number of nitrogens with one attached hydrogen (secondary N) is 1. The molecule has 2 heterocycles. The van der Waals surface area contributed by atoms with Crippen molar-refractivity contribution in [1.29, 1.82) is 0 Å². The van der Waals surface area contributed by atoms with E-state index < -0.39 is 17.7 Å². The van der Waals surface area contributed by atoms with Crippen molar-refractivity contribution in [2.24, 2.45) is 0 Å². The number of carbonyl (C=O) groups is 2. The molecule has 0 radical (unpaired) electrons. The quantitative estimate of drug-likeness (QED) is 0.820. The van der Waals surface area contributed by atoms with Gasteiger partial charge in [-0.05, 0) is 39.3 Å². The summed E-state index contributed by atoms with van der Waals surface area (Å²) in [6, 6.07) is 2.89. The number of amides is 2. The number of anilines is 1. The van der Waals surface area contributed by atoms with E-state index in [1.54, 1.807) is 45.3 Å². The lowest BCUT2D eigenvalue weighted by Crippen LogP contribution is -2.45. The highest BCUT2D eigenvalue weighted by atomic mass is 32.1. The summed E-state index contributed by atoms with van der Waals surface area (Å²) >= 11 is 4.40. The molecule has 0 aliphatic carbocycles.